The zero-order valence-electron chi connectivity index (χ0n) is 20.7. The maximum atomic E-state index is 14.2. The van der Waals surface area contributed by atoms with E-state index in [0.717, 1.165) is 46.9 Å². The molecular weight excluding hydrogens is 459 g/mol. The summed E-state index contributed by atoms with van der Waals surface area (Å²) >= 11 is 0. The molecule has 5 nitrogen and oxygen atoms in total. The van der Waals surface area contributed by atoms with Gasteiger partial charge in [-0.15, -0.1) is 0 Å². The smallest absolute Gasteiger partial charge is 0.341 e. The van der Waals surface area contributed by atoms with Crippen molar-refractivity contribution in [2.24, 2.45) is 5.92 Å². The molecule has 0 aromatic heterocycles. The molecule has 1 N–H and O–H groups in total. The molecule has 6 heteroatoms. The zero-order chi connectivity index (χ0) is 25.3. The first-order valence-corrected chi connectivity index (χ1v) is 12.6. The summed E-state index contributed by atoms with van der Waals surface area (Å²) in [6.07, 6.45) is 7.83. The van der Waals surface area contributed by atoms with Gasteiger partial charge in [-0.1, -0.05) is 56.4 Å². The molecule has 0 radical (unpaired) electrons. The van der Waals surface area contributed by atoms with E-state index in [-0.39, 0.29) is 12.4 Å². The second-order valence-corrected chi connectivity index (χ2v) is 9.38. The van der Waals surface area contributed by atoms with Crippen molar-refractivity contribution >= 4 is 5.97 Å². The van der Waals surface area contributed by atoms with E-state index in [2.05, 4.69) is 31.2 Å². The van der Waals surface area contributed by atoms with Crippen molar-refractivity contribution < 1.29 is 28.5 Å². The van der Waals surface area contributed by atoms with Crippen LogP contribution in [-0.4, -0.2) is 24.3 Å². The average molecular weight is 493 g/mol. The van der Waals surface area contributed by atoms with Gasteiger partial charge in [0.2, 0.25) is 0 Å². The van der Waals surface area contributed by atoms with Crippen molar-refractivity contribution in [2.45, 2.75) is 52.1 Å². The molecule has 1 fully saturated rings. The lowest BCUT2D eigenvalue weighted by Crippen LogP contribution is -2.10. The predicted octanol–water partition coefficient (Wildman–Crippen LogP) is 7.19. The third-order valence-corrected chi connectivity index (χ3v) is 6.63. The van der Waals surface area contributed by atoms with Crippen LogP contribution < -0.4 is 14.2 Å². The van der Waals surface area contributed by atoms with E-state index >= 15 is 0 Å². The van der Waals surface area contributed by atoms with Crippen molar-refractivity contribution in [3.05, 3.63) is 77.6 Å². The quantitative estimate of drug-likeness (QED) is 0.307. The second kappa shape index (κ2) is 12.4. The van der Waals surface area contributed by atoms with Crippen LogP contribution >= 0.6 is 0 Å². The Morgan fingerprint density at radius 1 is 0.944 bits per heavy atom. The van der Waals surface area contributed by atoms with E-state index in [0.29, 0.717) is 5.75 Å². The lowest BCUT2D eigenvalue weighted by Gasteiger charge is -2.21. The summed E-state index contributed by atoms with van der Waals surface area (Å²) in [7, 11) is 0. The summed E-state index contributed by atoms with van der Waals surface area (Å²) in [6.45, 7) is 2.49. The molecule has 0 bridgehead atoms. The molecule has 0 heterocycles. The topological polar surface area (TPSA) is 65.0 Å². The van der Waals surface area contributed by atoms with Gasteiger partial charge in [0, 0.05) is 6.07 Å². The van der Waals surface area contributed by atoms with Gasteiger partial charge in [0.1, 0.15) is 18.1 Å². The van der Waals surface area contributed by atoms with E-state index < -0.39 is 18.4 Å². The first-order chi connectivity index (χ1) is 17.5. The van der Waals surface area contributed by atoms with Crippen LogP contribution in [0.25, 0.3) is 11.1 Å². The van der Waals surface area contributed by atoms with Crippen molar-refractivity contribution in [1.29, 1.82) is 0 Å². The van der Waals surface area contributed by atoms with Gasteiger partial charge < -0.3 is 19.3 Å². The fraction of sp³-hybridized carbons (Fsp3) is 0.367. The number of carbonyl (C=O) groups is 1. The van der Waals surface area contributed by atoms with Crippen LogP contribution in [0.1, 0.15) is 49.7 Å². The Morgan fingerprint density at radius 3 is 2.50 bits per heavy atom. The van der Waals surface area contributed by atoms with Gasteiger partial charge in [-0.3, -0.25) is 0 Å². The molecule has 3 aromatic rings. The summed E-state index contributed by atoms with van der Waals surface area (Å²) in [6, 6.07) is 18.4. The van der Waals surface area contributed by atoms with Crippen molar-refractivity contribution in [3.8, 4) is 28.4 Å². The highest BCUT2D eigenvalue weighted by Crippen LogP contribution is 2.30. The minimum absolute atomic E-state index is 0.122. The molecule has 0 saturated heterocycles. The Bertz CT molecular complexity index is 1170. The summed E-state index contributed by atoms with van der Waals surface area (Å²) in [5.41, 5.74) is 4.28. The largest absolute Gasteiger partial charge is 0.494 e. The molecule has 1 aliphatic rings. The molecule has 190 valence electrons. The highest BCUT2D eigenvalue weighted by Gasteiger charge is 2.14. The van der Waals surface area contributed by atoms with E-state index in [1.807, 2.05) is 18.2 Å². The van der Waals surface area contributed by atoms with Crippen molar-refractivity contribution in [1.82, 2.24) is 0 Å². The SMILES string of the molecule is Cc1ccc(OCCC2CCCCC2)cc1-c1cccc(COc2ccc(OCC(=O)O)c(F)c2)c1. The van der Waals surface area contributed by atoms with E-state index in [9.17, 15) is 9.18 Å². The number of aryl methyl sites for hydroxylation is 1. The van der Waals surface area contributed by atoms with Gasteiger partial charge in [0.15, 0.2) is 18.2 Å². The number of aliphatic carboxylic acids is 1. The Balaban J connectivity index is 1.37. The van der Waals surface area contributed by atoms with Crippen LogP contribution in [0, 0.1) is 18.7 Å². The molecule has 0 amide bonds. The molecule has 0 aliphatic heterocycles. The summed E-state index contributed by atoms with van der Waals surface area (Å²) in [5, 5.41) is 8.68. The van der Waals surface area contributed by atoms with Gasteiger partial charge in [-0.05, 0) is 71.8 Å². The number of ether oxygens (including phenoxy) is 3. The normalized spacial score (nSPS) is 13.8. The van der Waals surface area contributed by atoms with Crippen molar-refractivity contribution in [3.63, 3.8) is 0 Å². The molecule has 0 unspecified atom stereocenters. The summed E-state index contributed by atoms with van der Waals surface area (Å²) in [4.78, 5) is 10.6. The van der Waals surface area contributed by atoms with Crippen molar-refractivity contribution in [2.75, 3.05) is 13.2 Å². The third-order valence-electron chi connectivity index (χ3n) is 6.63. The Hall–Kier alpha value is -3.54. The molecular formula is C30H33FO5. The first-order valence-electron chi connectivity index (χ1n) is 12.6. The molecule has 1 aliphatic carbocycles. The maximum Gasteiger partial charge on any atom is 0.341 e. The lowest BCUT2D eigenvalue weighted by molar-refractivity contribution is -0.139. The van der Waals surface area contributed by atoms with Gasteiger partial charge in [0.05, 0.1) is 6.61 Å². The fourth-order valence-electron chi connectivity index (χ4n) is 4.64. The number of rotatable bonds is 11. The third kappa shape index (κ3) is 7.23. The summed E-state index contributed by atoms with van der Waals surface area (Å²) < 4.78 is 31.0. The second-order valence-electron chi connectivity index (χ2n) is 9.38. The van der Waals surface area contributed by atoms with E-state index in [1.54, 1.807) is 6.07 Å². The monoisotopic (exact) mass is 492 g/mol. The van der Waals surface area contributed by atoms with Crippen LogP contribution in [0.4, 0.5) is 4.39 Å². The lowest BCUT2D eigenvalue weighted by atomic mass is 9.87. The Kier molecular flexibility index (Phi) is 8.82. The minimum Gasteiger partial charge on any atom is -0.494 e. The van der Waals surface area contributed by atoms with E-state index in [1.165, 1.54) is 44.2 Å². The van der Waals surface area contributed by atoms with E-state index in [4.69, 9.17) is 19.3 Å². The van der Waals surface area contributed by atoms with Gasteiger partial charge >= 0.3 is 5.97 Å². The zero-order valence-corrected chi connectivity index (χ0v) is 20.7. The Labute approximate surface area is 211 Å². The van der Waals surface area contributed by atoms with Gasteiger partial charge in [-0.2, -0.15) is 0 Å². The first kappa shape index (κ1) is 25.5. The van der Waals surface area contributed by atoms with Gasteiger partial charge in [0.25, 0.3) is 0 Å². The standard InChI is InChI=1S/C30H33FO5/c1-21-10-11-25(34-15-14-22-6-3-2-4-7-22)17-27(21)24-9-5-8-23(16-24)19-35-26-12-13-29(28(31)18-26)36-20-30(32)33/h5,8-13,16-18,22H,2-4,6-7,14-15,19-20H2,1H3,(H,32,33). The predicted molar refractivity (Wildman–Crippen MR) is 137 cm³/mol. The van der Waals surface area contributed by atoms with Crippen LogP contribution in [0.3, 0.4) is 0 Å². The fourth-order valence-corrected chi connectivity index (χ4v) is 4.64. The highest BCUT2D eigenvalue weighted by molar-refractivity contribution is 5.69. The molecule has 4 rings (SSSR count). The number of benzene rings is 3. The van der Waals surface area contributed by atoms with Crippen LogP contribution in [0.2, 0.25) is 0 Å². The minimum atomic E-state index is -1.17. The number of carboxylic acid groups (broad SMARTS) is 1. The number of hydrogen-bond donors (Lipinski definition) is 1. The average Bonchev–Trinajstić information content (AvgIpc) is 2.88. The molecule has 36 heavy (non-hydrogen) atoms. The molecule has 1 saturated carbocycles. The van der Waals surface area contributed by atoms with Gasteiger partial charge in [-0.25, -0.2) is 9.18 Å². The number of carboxylic acids is 1. The van der Waals surface area contributed by atoms with Crippen LogP contribution in [0.5, 0.6) is 17.2 Å². The summed E-state index contributed by atoms with van der Waals surface area (Å²) in [5.74, 6) is 0.0593. The number of hydrogen-bond acceptors (Lipinski definition) is 4. The van der Waals surface area contributed by atoms with Crippen LogP contribution in [0.15, 0.2) is 60.7 Å². The highest BCUT2D eigenvalue weighted by atomic mass is 19.1. The van der Waals surface area contributed by atoms with Crippen LogP contribution in [-0.2, 0) is 11.4 Å². The Morgan fingerprint density at radius 2 is 1.72 bits per heavy atom. The molecule has 0 atom stereocenters. The maximum absolute atomic E-state index is 14.2. The molecule has 0 spiro atoms. The number of halogens is 1. The molecule has 3 aromatic carbocycles.